The monoisotopic (exact) mass is 510 g/mol. The second kappa shape index (κ2) is 20.3. The van der Waals surface area contributed by atoms with Crippen LogP contribution in [0.2, 0.25) is 0 Å². The molecule has 3 N–H and O–H groups in total. The Labute approximate surface area is 216 Å². The summed E-state index contributed by atoms with van der Waals surface area (Å²) in [7, 11) is 0. The second-order valence-electron chi connectivity index (χ2n) is 9.39. The summed E-state index contributed by atoms with van der Waals surface area (Å²) in [5.74, 6) is -2.78. The number of aliphatic carboxylic acids is 3. The molecule has 2 rings (SSSR count). The van der Waals surface area contributed by atoms with E-state index in [1.807, 2.05) is 44.2 Å². The molecule has 1 saturated carbocycles. The van der Waals surface area contributed by atoms with Crippen LogP contribution >= 0.6 is 0 Å². The zero-order valence-corrected chi connectivity index (χ0v) is 22.8. The zero-order chi connectivity index (χ0) is 28.1. The van der Waals surface area contributed by atoms with Gasteiger partial charge in [-0.3, -0.25) is 19.2 Å². The van der Waals surface area contributed by atoms with Crippen LogP contribution in [0.5, 0.6) is 0 Å². The minimum absolute atomic E-state index is 0.0188. The smallest absolute Gasteiger partial charge is 0.307 e. The third-order valence-corrected chi connectivity index (χ3v) is 5.81. The number of hydrogen-bond acceptors (Lipinski definition) is 5. The highest BCUT2D eigenvalue weighted by Crippen LogP contribution is 2.31. The first-order chi connectivity index (χ1) is 16.7. The Bertz CT molecular complexity index is 732. The molecule has 206 valence electrons. The van der Waals surface area contributed by atoms with Gasteiger partial charge in [-0.2, -0.15) is 0 Å². The molecule has 36 heavy (non-hydrogen) atoms. The lowest BCUT2D eigenvalue weighted by Crippen LogP contribution is -2.32. The van der Waals surface area contributed by atoms with E-state index >= 15 is 0 Å². The number of carbonyl (C=O) groups excluding carboxylic acids is 1. The molecule has 0 radical (unpaired) electrons. The van der Waals surface area contributed by atoms with E-state index in [9.17, 15) is 9.59 Å². The fourth-order valence-corrected chi connectivity index (χ4v) is 3.37. The van der Waals surface area contributed by atoms with Crippen LogP contribution in [0.15, 0.2) is 30.3 Å². The quantitative estimate of drug-likeness (QED) is 0.273. The van der Waals surface area contributed by atoms with Crippen molar-refractivity contribution in [1.29, 1.82) is 0 Å². The highest BCUT2D eigenvalue weighted by molar-refractivity contribution is 5.71. The maximum atomic E-state index is 11.4. The predicted octanol–water partition coefficient (Wildman–Crippen LogP) is 6.31. The van der Waals surface area contributed by atoms with E-state index in [1.165, 1.54) is 19.3 Å². The molecule has 0 bridgehead atoms. The molecular formula is C28H46O8. The summed E-state index contributed by atoms with van der Waals surface area (Å²) in [6.45, 7) is 9.98. The normalized spacial score (nSPS) is 13.7. The van der Waals surface area contributed by atoms with E-state index < -0.39 is 17.9 Å². The Morgan fingerprint density at radius 2 is 1.39 bits per heavy atom. The van der Waals surface area contributed by atoms with Gasteiger partial charge in [0.05, 0.1) is 5.92 Å². The van der Waals surface area contributed by atoms with E-state index in [4.69, 9.17) is 29.6 Å². The molecule has 1 fully saturated rings. The molecule has 8 nitrogen and oxygen atoms in total. The lowest BCUT2D eigenvalue weighted by molar-refractivity contribution is -0.150. The van der Waals surface area contributed by atoms with Crippen molar-refractivity contribution >= 4 is 23.9 Å². The number of carboxylic acids is 3. The number of rotatable bonds is 8. The van der Waals surface area contributed by atoms with Crippen LogP contribution in [0.4, 0.5) is 0 Å². The van der Waals surface area contributed by atoms with Gasteiger partial charge in [0.1, 0.15) is 6.10 Å². The SMILES string of the molecule is CC(=O)O.CC(=O)O.CC(C(=O)O)C(C)(C)c1ccccc1.CCCCCC(=O)OC1CCCCC1. The third kappa shape index (κ3) is 19.4. The van der Waals surface area contributed by atoms with Crippen molar-refractivity contribution < 1.29 is 39.2 Å². The Hall–Kier alpha value is -2.90. The lowest BCUT2D eigenvalue weighted by Gasteiger charge is -2.29. The van der Waals surface area contributed by atoms with Crippen molar-refractivity contribution in [2.75, 3.05) is 0 Å². The van der Waals surface area contributed by atoms with Crippen LogP contribution in [0.25, 0.3) is 0 Å². The van der Waals surface area contributed by atoms with E-state index in [0.29, 0.717) is 6.42 Å². The summed E-state index contributed by atoms with van der Waals surface area (Å²) in [6, 6.07) is 9.75. The number of esters is 1. The summed E-state index contributed by atoms with van der Waals surface area (Å²) in [6.07, 6.45) is 10.1. The van der Waals surface area contributed by atoms with Crippen LogP contribution in [0.1, 0.15) is 105 Å². The van der Waals surface area contributed by atoms with Gasteiger partial charge in [0, 0.05) is 25.7 Å². The number of unbranched alkanes of at least 4 members (excludes halogenated alkanes) is 2. The first kappa shape index (κ1) is 35.3. The summed E-state index contributed by atoms with van der Waals surface area (Å²) < 4.78 is 5.40. The fourth-order valence-electron chi connectivity index (χ4n) is 3.37. The van der Waals surface area contributed by atoms with Gasteiger partial charge in [0.2, 0.25) is 0 Å². The van der Waals surface area contributed by atoms with Crippen molar-refractivity contribution in [3.05, 3.63) is 35.9 Å². The van der Waals surface area contributed by atoms with Gasteiger partial charge in [-0.1, -0.05) is 77.3 Å². The van der Waals surface area contributed by atoms with Crippen molar-refractivity contribution in [3.63, 3.8) is 0 Å². The molecular weight excluding hydrogens is 464 g/mol. The summed E-state index contributed by atoms with van der Waals surface area (Å²) in [5, 5.41) is 23.8. The minimum Gasteiger partial charge on any atom is -0.481 e. The van der Waals surface area contributed by atoms with Crippen LogP contribution in [0.3, 0.4) is 0 Å². The fraction of sp³-hybridized carbons (Fsp3) is 0.643. The molecule has 0 aromatic heterocycles. The second-order valence-corrected chi connectivity index (χ2v) is 9.39. The molecule has 1 aromatic rings. The largest absolute Gasteiger partial charge is 0.481 e. The average molecular weight is 511 g/mol. The van der Waals surface area contributed by atoms with Crippen molar-refractivity contribution in [2.24, 2.45) is 5.92 Å². The molecule has 1 atom stereocenters. The number of carboxylic acid groups (broad SMARTS) is 3. The molecule has 1 aliphatic rings. The molecule has 0 heterocycles. The Morgan fingerprint density at radius 3 is 1.81 bits per heavy atom. The number of hydrogen-bond donors (Lipinski definition) is 3. The van der Waals surface area contributed by atoms with Crippen LogP contribution in [-0.2, 0) is 29.3 Å². The van der Waals surface area contributed by atoms with Gasteiger partial charge in [0.25, 0.3) is 11.9 Å². The third-order valence-electron chi connectivity index (χ3n) is 5.81. The molecule has 1 aromatic carbocycles. The predicted molar refractivity (Wildman–Crippen MR) is 140 cm³/mol. The maximum Gasteiger partial charge on any atom is 0.307 e. The Morgan fingerprint density at radius 1 is 0.917 bits per heavy atom. The van der Waals surface area contributed by atoms with E-state index in [-0.39, 0.29) is 23.4 Å². The lowest BCUT2D eigenvalue weighted by atomic mass is 9.74. The highest BCUT2D eigenvalue weighted by atomic mass is 16.5. The van der Waals surface area contributed by atoms with Gasteiger partial charge in [-0.25, -0.2) is 0 Å². The summed E-state index contributed by atoms with van der Waals surface area (Å²) >= 11 is 0. The first-order valence-corrected chi connectivity index (χ1v) is 12.6. The first-order valence-electron chi connectivity index (χ1n) is 12.6. The van der Waals surface area contributed by atoms with Crippen molar-refractivity contribution in [2.45, 2.75) is 111 Å². The molecule has 0 spiro atoms. The van der Waals surface area contributed by atoms with E-state index in [0.717, 1.165) is 51.5 Å². The molecule has 8 heteroatoms. The Kier molecular flexibility index (Phi) is 19.9. The van der Waals surface area contributed by atoms with Gasteiger partial charge in [-0.15, -0.1) is 0 Å². The van der Waals surface area contributed by atoms with Gasteiger partial charge in [-0.05, 0) is 37.7 Å². The summed E-state index contributed by atoms with van der Waals surface area (Å²) in [4.78, 5) is 40.3. The van der Waals surface area contributed by atoms with Gasteiger partial charge in [0.15, 0.2) is 0 Å². The number of carbonyl (C=O) groups is 4. The molecule has 1 unspecified atom stereocenters. The van der Waals surface area contributed by atoms with Crippen molar-refractivity contribution in [1.82, 2.24) is 0 Å². The van der Waals surface area contributed by atoms with E-state index in [1.54, 1.807) is 6.92 Å². The van der Waals surface area contributed by atoms with Gasteiger partial charge >= 0.3 is 11.9 Å². The van der Waals surface area contributed by atoms with Crippen LogP contribution in [0, 0.1) is 5.92 Å². The van der Waals surface area contributed by atoms with Crippen molar-refractivity contribution in [3.8, 4) is 0 Å². The van der Waals surface area contributed by atoms with Crippen LogP contribution < -0.4 is 0 Å². The standard InChI is InChI=1S/C12H16O2.C12H22O2.2C2H4O2/c1-9(11(13)14)12(2,3)10-7-5-4-6-8-10;1-2-3-5-10-12(13)14-11-8-6-4-7-9-11;2*1-2(3)4/h4-9H,1-3H3,(H,13,14);11H,2-10H2,1H3;2*1H3,(H,3,4). The number of ether oxygens (including phenoxy) is 1. The van der Waals surface area contributed by atoms with E-state index in [2.05, 4.69) is 6.92 Å². The summed E-state index contributed by atoms with van der Waals surface area (Å²) in [5.41, 5.74) is 0.738. The average Bonchev–Trinajstić information content (AvgIpc) is 2.79. The highest BCUT2D eigenvalue weighted by Gasteiger charge is 2.32. The molecule has 0 aliphatic heterocycles. The molecule has 0 saturated heterocycles. The number of benzene rings is 1. The minimum atomic E-state index is -0.833. The maximum absolute atomic E-state index is 11.4. The Balaban J connectivity index is 0. The van der Waals surface area contributed by atoms with Gasteiger partial charge < -0.3 is 20.1 Å². The zero-order valence-electron chi connectivity index (χ0n) is 22.8. The molecule has 1 aliphatic carbocycles. The topological polar surface area (TPSA) is 138 Å². The van der Waals surface area contributed by atoms with Crippen LogP contribution in [-0.4, -0.2) is 45.3 Å². The molecule has 0 amide bonds.